The Bertz CT molecular complexity index is 352. The Morgan fingerprint density at radius 1 is 1.41 bits per heavy atom. The van der Waals surface area contributed by atoms with Gasteiger partial charge in [-0.25, -0.2) is 13.1 Å². The van der Waals surface area contributed by atoms with Crippen LogP contribution in [0.5, 0.6) is 0 Å². The van der Waals surface area contributed by atoms with Crippen LogP contribution in [-0.2, 0) is 14.8 Å². The Balaban J connectivity index is 1.96. The molecule has 5 nitrogen and oxygen atoms in total. The molecule has 1 N–H and O–H groups in total. The standard InChI is InChI=1S/C11H22N2O3S/c1-3-13-6-9(2)11(7-13)12-17(14,15)10-4-5-16-8-10/h9-12H,3-8H2,1-2H3/t9-,10-,11+/m0/s1. The number of nitrogens with zero attached hydrogens (tertiary/aromatic N) is 1. The fourth-order valence-corrected chi connectivity index (χ4v) is 4.15. The lowest BCUT2D eigenvalue weighted by molar-refractivity contribution is 0.198. The van der Waals surface area contributed by atoms with Crippen molar-refractivity contribution in [3.63, 3.8) is 0 Å². The first-order valence-electron chi connectivity index (χ1n) is 6.34. The highest BCUT2D eigenvalue weighted by Crippen LogP contribution is 2.19. The van der Waals surface area contributed by atoms with E-state index in [2.05, 4.69) is 23.5 Å². The number of rotatable bonds is 4. The van der Waals surface area contributed by atoms with Crippen LogP contribution in [0, 0.1) is 5.92 Å². The summed E-state index contributed by atoms with van der Waals surface area (Å²) in [5.74, 6) is 0.382. The number of sulfonamides is 1. The smallest absolute Gasteiger partial charge is 0.217 e. The summed E-state index contributed by atoms with van der Waals surface area (Å²) in [4.78, 5) is 2.28. The van der Waals surface area contributed by atoms with Gasteiger partial charge in [0.05, 0.1) is 6.61 Å². The molecule has 2 fully saturated rings. The lowest BCUT2D eigenvalue weighted by Gasteiger charge is -2.19. The van der Waals surface area contributed by atoms with Crippen molar-refractivity contribution in [2.24, 2.45) is 5.92 Å². The van der Waals surface area contributed by atoms with Crippen molar-refractivity contribution in [1.82, 2.24) is 9.62 Å². The second-order valence-corrected chi connectivity index (χ2v) is 7.08. The van der Waals surface area contributed by atoms with Gasteiger partial charge in [-0.3, -0.25) is 0 Å². The van der Waals surface area contributed by atoms with E-state index < -0.39 is 10.0 Å². The van der Waals surface area contributed by atoms with Gasteiger partial charge in [-0.05, 0) is 18.9 Å². The molecule has 2 aliphatic rings. The van der Waals surface area contributed by atoms with E-state index in [0.29, 0.717) is 25.6 Å². The Kier molecular flexibility index (Phi) is 4.07. The van der Waals surface area contributed by atoms with Crippen LogP contribution in [0.3, 0.4) is 0 Å². The lowest BCUT2D eigenvalue weighted by Crippen LogP contribution is -2.44. The first-order valence-corrected chi connectivity index (χ1v) is 7.88. The lowest BCUT2D eigenvalue weighted by atomic mass is 10.1. The van der Waals surface area contributed by atoms with Gasteiger partial charge in [0.25, 0.3) is 0 Å². The third kappa shape index (κ3) is 2.99. The Morgan fingerprint density at radius 3 is 2.71 bits per heavy atom. The van der Waals surface area contributed by atoms with Crippen LogP contribution in [0.4, 0.5) is 0 Å². The second kappa shape index (κ2) is 5.22. The maximum Gasteiger partial charge on any atom is 0.217 e. The van der Waals surface area contributed by atoms with Gasteiger partial charge in [-0.1, -0.05) is 13.8 Å². The van der Waals surface area contributed by atoms with E-state index in [4.69, 9.17) is 4.74 Å². The van der Waals surface area contributed by atoms with Crippen LogP contribution in [0.1, 0.15) is 20.3 Å². The van der Waals surface area contributed by atoms with Crippen molar-refractivity contribution < 1.29 is 13.2 Å². The highest BCUT2D eigenvalue weighted by atomic mass is 32.2. The number of likely N-dealkylation sites (tertiary alicyclic amines) is 1. The summed E-state index contributed by atoms with van der Waals surface area (Å²) in [6.45, 7) is 7.90. The summed E-state index contributed by atoms with van der Waals surface area (Å²) < 4.78 is 32.2. The third-order valence-corrected chi connectivity index (χ3v) is 5.66. The van der Waals surface area contributed by atoms with Crippen LogP contribution >= 0.6 is 0 Å². The van der Waals surface area contributed by atoms with Crippen molar-refractivity contribution in [2.45, 2.75) is 31.6 Å². The van der Waals surface area contributed by atoms with E-state index in [0.717, 1.165) is 19.6 Å². The first kappa shape index (κ1) is 13.3. The fourth-order valence-electron chi connectivity index (χ4n) is 2.54. The average molecular weight is 262 g/mol. The van der Waals surface area contributed by atoms with E-state index in [1.54, 1.807) is 0 Å². The highest BCUT2D eigenvalue weighted by molar-refractivity contribution is 7.90. The summed E-state index contributed by atoms with van der Waals surface area (Å²) in [5, 5.41) is -0.356. The summed E-state index contributed by atoms with van der Waals surface area (Å²) in [6.07, 6.45) is 0.619. The molecule has 0 aromatic carbocycles. The van der Waals surface area contributed by atoms with Gasteiger partial charge < -0.3 is 9.64 Å². The predicted octanol–water partition coefficient (Wildman–Crippen LogP) is 0.0349. The maximum absolute atomic E-state index is 12.1. The molecule has 0 bridgehead atoms. The molecule has 2 aliphatic heterocycles. The minimum Gasteiger partial charge on any atom is -0.380 e. The summed E-state index contributed by atoms with van der Waals surface area (Å²) in [6, 6.07) is 0.0561. The molecule has 0 saturated carbocycles. The number of hydrogen-bond acceptors (Lipinski definition) is 4. The van der Waals surface area contributed by atoms with Crippen molar-refractivity contribution in [1.29, 1.82) is 0 Å². The van der Waals surface area contributed by atoms with Gasteiger partial charge >= 0.3 is 0 Å². The second-order valence-electron chi connectivity index (χ2n) is 5.08. The molecule has 0 aromatic heterocycles. The normalized spacial score (nSPS) is 35.5. The predicted molar refractivity (Wildman–Crippen MR) is 66.3 cm³/mol. The van der Waals surface area contributed by atoms with Gasteiger partial charge in [0, 0.05) is 25.7 Å². The highest BCUT2D eigenvalue weighted by Gasteiger charge is 2.36. The van der Waals surface area contributed by atoms with Gasteiger partial charge in [-0.15, -0.1) is 0 Å². The third-order valence-electron chi connectivity index (χ3n) is 3.78. The number of nitrogens with one attached hydrogen (secondary N) is 1. The van der Waals surface area contributed by atoms with Crippen molar-refractivity contribution in [3.05, 3.63) is 0 Å². The molecule has 0 radical (unpaired) electrons. The summed E-state index contributed by atoms with van der Waals surface area (Å²) >= 11 is 0. The van der Waals surface area contributed by atoms with Gasteiger partial charge in [0.1, 0.15) is 5.25 Å². The number of hydrogen-bond donors (Lipinski definition) is 1. The fraction of sp³-hybridized carbons (Fsp3) is 1.00. The molecule has 6 heteroatoms. The van der Waals surface area contributed by atoms with E-state index in [1.165, 1.54) is 0 Å². The maximum atomic E-state index is 12.1. The summed E-state index contributed by atoms with van der Waals surface area (Å²) in [5.41, 5.74) is 0. The summed E-state index contributed by atoms with van der Waals surface area (Å²) in [7, 11) is -3.21. The first-order chi connectivity index (χ1) is 8.03. The molecule has 0 aliphatic carbocycles. The van der Waals surface area contributed by atoms with Crippen LogP contribution in [0.25, 0.3) is 0 Å². The van der Waals surface area contributed by atoms with E-state index in [1.807, 2.05) is 0 Å². The van der Waals surface area contributed by atoms with Crippen molar-refractivity contribution >= 4 is 10.0 Å². The van der Waals surface area contributed by atoms with Gasteiger partial charge in [0.2, 0.25) is 10.0 Å². The molecule has 100 valence electrons. The van der Waals surface area contributed by atoms with E-state index in [9.17, 15) is 8.42 Å². The van der Waals surface area contributed by atoms with Crippen LogP contribution < -0.4 is 4.72 Å². The molecule has 2 heterocycles. The molecule has 0 unspecified atom stereocenters. The van der Waals surface area contributed by atoms with Crippen LogP contribution in [-0.4, -0.2) is 57.5 Å². The minimum atomic E-state index is -3.21. The number of ether oxygens (including phenoxy) is 1. The monoisotopic (exact) mass is 262 g/mol. The Labute approximate surface area is 104 Å². The van der Waals surface area contributed by atoms with Gasteiger partial charge in [0.15, 0.2) is 0 Å². The molecule has 3 atom stereocenters. The number of likely N-dealkylation sites (N-methyl/N-ethyl adjacent to an activating group) is 1. The van der Waals surface area contributed by atoms with Crippen LogP contribution in [0.15, 0.2) is 0 Å². The molecular weight excluding hydrogens is 240 g/mol. The van der Waals surface area contributed by atoms with E-state index in [-0.39, 0.29) is 11.3 Å². The van der Waals surface area contributed by atoms with E-state index >= 15 is 0 Å². The Hall–Kier alpha value is -0.170. The minimum absolute atomic E-state index is 0.0561. The van der Waals surface area contributed by atoms with Crippen molar-refractivity contribution in [2.75, 3.05) is 32.8 Å². The molecular formula is C11H22N2O3S. The van der Waals surface area contributed by atoms with Crippen molar-refractivity contribution in [3.8, 4) is 0 Å². The zero-order chi connectivity index (χ0) is 12.5. The molecule has 17 heavy (non-hydrogen) atoms. The molecule has 0 amide bonds. The molecule has 0 aromatic rings. The SMILES string of the molecule is CCN1C[C@H](C)[C@H](NS(=O)(=O)[C@H]2CCOC2)C1. The average Bonchev–Trinajstić information content (AvgIpc) is 2.88. The quantitative estimate of drug-likeness (QED) is 0.777. The topological polar surface area (TPSA) is 58.6 Å². The zero-order valence-electron chi connectivity index (χ0n) is 10.6. The van der Waals surface area contributed by atoms with Gasteiger partial charge in [-0.2, -0.15) is 0 Å². The Morgan fingerprint density at radius 2 is 2.18 bits per heavy atom. The largest absolute Gasteiger partial charge is 0.380 e. The molecule has 2 saturated heterocycles. The molecule has 2 rings (SSSR count). The van der Waals surface area contributed by atoms with Crippen LogP contribution in [0.2, 0.25) is 0 Å². The molecule has 0 spiro atoms. The zero-order valence-corrected chi connectivity index (χ0v) is 11.4.